The minimum atomic E-state index is -0.154. The molecule has 44 heavy (non-hydrogen) atoms. The van der Waals surface area contributed by atoms with E-state index in [-0.39, 0.29) is 11.8 Å². The first-order chi connectivity index (χ1) is 21.5. The van der Waals surface area contributed by atoms with Gasteiger partial charge < -0.3 is 10.1 Å². The average molecular weight is 605 g/mol. The van der Waals surface area contributed by atoms with Crippen molar-refractivity contribution in [1.82, 2.24) is 25.1 Å². The summed E-state index contributed by atoms with van der Waals surface area (Å²) in [5, 5.41) is 26.0. The summed E-state index contributed by atoms with van der Waals surface area (Å²) in [5.74, 6) is 0.846. The number of rotatable bonds is 8. The second kappa shape index (κ2) is 12.2. The lowest BCUT2D eigenvalue weighted by atomic mass is 9.84. The molecule has 2 aromatic heterocycles. The standard InChI is InChI=1S/C35H33ClN6O2/c36-30-12-14-33(41-23-37-38-39-41)32(21-30)29-11-13-34(42(44)22-29)31(19-24-5-2-1-3-6-24)28-8-4-7-27(20-28)25-15-17-40(18-16-25)35(43)26-9-10-26/h1-8,11-14,20-23,25-26,31H,9-10,15-19H2. The minimum Gasteiger partial charge on any atom is -0.618 e. The number of amides is 1. The molecule has 5 aromatic rings. The van der Waals surface area contributed by atoms with Gasteiger partial charge in [0.15, 0.2) is 6.20 Å². The fraction of sp³-hybridized carbons (Fsp3) is 0.286. The van der Waals surface area contributed by atoms with Crippen LogP contribution in [0.1, 0.15) is 59.9 Å². The Balaban J connectivity index is 1.21. The number of benzene rings is 3. The molecule has 0 radical (unpaired) electrons. The second-order valence-corrected chi connectivity index (χ2v) is 12.3. The average Bonchev–Trinajstić information content (AvgIpc) is 3.77. The molecule has 7 rings (SSSR count). The molecule has 3 heterocycles. The predicted octanol–water partition coefficient (Wildman–Crippen LogP) is 6.11. The van der Waals surface area contributed by atoms with Crippen LogP contribution >= 0.6 is 11.6 Å². The molecule has 1 atom stereocenters. The van der Waals surface area contributed by atoms with Crippen LogP contribution in [0, 0.1) is 11.1 Å². The number of pyridine rings is 1. The van der Waals surface area contributed by atoms with Crippen LogP contribution in [-0.2, 0) is 11.2 Å². The van der Waals surface area contributed by atoms with Crippen molar-refractivity contribution in [1.29, 1.82) is 0 Å². The number of nitrogens with zero attached hydrogens (tertiary/aromatic N) is 6. The minimum absolute atomic E-state index is 0.154. The largest absolute Gasteiger partial charge is 0.618 e. The van der Waals surface area contributed by atoms with E-state index >= 15 is 0 Å². The summed E-state index contributed by atoms with van der Waals surface area (Å²) < 4.78 is 2.55. The number of piperidine rings is 1. The zero-order valence-electron chi connectivity index (χ0n) is 24.3. The van der Waals surface area contributed by atoms with Crippen molar-refractivity contribution in [2.24, 2.45) is 5.92 Å². The molecule has 2 fully saturated rings. The van der Waals surface area contributed by atoms with Gasteiger partial charge in [0.2, 0.25) is 11.6 Å². The van der Waals surface area contributed by atoms with Gasteiger partial charge in [0.1, 0.15) is 6.33 Å². The Morgan fingerprint density at radius 3 is 2.50 bits per heavy atom. The summed E-state index contributed by atoms with van der Waals surface area (Å²) in [6.07, 6.45) is 7.84. The third kappa shape index (κ3) is 5.95. The highest BCUT2D eigenvalue weighted by Gasteiger charge is 2.35. The van der Waals surface area contributed by atoms with Crippen molar-refractivity contribution in [3.8, 4) is 16.8 Å². The van der Waals surface area contributed by atoms with E-state index in [9.17, 15) is 10.0 Å². The summed E-state index contributed by atoms with van der Waals surface area (Å²) in [4.78, 5) is 14.7. The molecule has 1 saturated heterocycles. The van der Waals surface area contributed by atoms with E-state index in [1.165, 1.54) is 11.9 Å². The van der Waals surface area contributed by atoms with Crippen molar-refractivity contribution in [2.45, 2.75) is 43.9 Å². The molecule has 1 saturated carbocycles. The van der Waals surface area contributed by atoms with E-state index < -0.39 is 0 Å². The topological polar surface area (TPSA) is 90.9 Å². The van der Waals surface area contributed by atoms with Crippen LogP contribution in [0.2, 0.25) is 5.02 Å². The van der Waals surface area contributed by atoms with Crippen LogP contribution in [0.15, 0.2) is 97.5 Å². The fourth-order valence-corrected chi connectivity index (χ4v) is 6.60. The summed E-state index contributed by atoms with van der Waals surface area (Å²) in [6.45, 7) is 1.63. The highest BCUT2D eigenvalue weighted by Crippen LogP contribution is 2.36. The van der Waals surface area contributed by atoms with Crippen molar-refractivity contribution >= 4 is 17.5 Å². The van der Waals surface area contributed by atoms with Crippen LogP contribution in [0.3, 0.4) is 0 Å². The third-order valence-corrected chi connectivity index (χ3v) is 9.20. The maximum absolute atomic E-state index is 13.8. The molecular formula is C35H33ClN6O2. The van der Waals surface area contributed by atoms with Crippen molar-refractivity contribution in [3.63, 3.8) is 0 Å². The van der Waals surface area contributed by atoms with Gasteiger partial charge in [-0.3, -0.25) is 4.79 Å². The number of carbonyl (C=O) groups is 1. The molecule has 8 nitrogen and oxygen atoms in total. The van der Waals surface area contributed by atoms with Gasteiger partial charge >= 0.3 is 0 Å². The van der Waals surface area contributed by atoms with Gasteiger partial charge in [-0.1, -0.05) is 66.2 Å². The third-order valence-electron chi connectivity index (χ3n) is 8.97. The second-order valence-electron chi connectivity index (χ2n) is 11.9. The van der Waals surface area contributed by atoms with Gasteiger partial charge in [0.25, 0.3) is 0 Å². The van der Waals surface area contributed by atoms with E-state index in [1.807, 2.05) is 42.5 Å². The molecule has 0 spiro atoms. The van der Waals surface area contributed by atoms with Crippen LogP contribution in [0.25, 0.3) is 16.8 Å². The summed E-state index contributed by atoms with van der Waals surface area (Å²) in [5.41, 5.74) is 6.42. The quantitative estimate of drug-likeness (QED) is 0.157. The zero-order valence-corrected chi connectivity index (χ0v) is 25.1. The molecular weight excluding hydrogens is 572 g/mol. The van der Waals surface area contributed by atoms with Gasteiger partial charge in [0, 0.05) is 41.2 Å². The maximum atomic E-state index is 13.8. The van der Waals surface area contributed by atoms with Crippen molar-refractivity contribution < 1.29 is 9.52 Å². The SMILES string of the molecule is O=C(C1CC1)N1CCC(c2cccc(C(Cc3ccccc3)c3ccc(-c4cc(Cl)ccc4-n4cnnn4)c[n+]3[O-])c2)CC1. The first-order valence-electron chi connectivity index (χ1n) is 15.2. The Morgan fingerprint density at radius 1 is 0.955 bits per heavy atom. The molecule has 2 aliphatic rings. The van der Waals surface area contributed by atoms with Crippen molar-refractivity contribution in [2.75, 3.05) is 13.1 Å². The number of halogens is 1. The molecule has 3 aromatic carbocycles. The molecule has 1 aliphatic heterocycles. The van der Waals surface area contributed by atoms with Gasteiger partial charge in [-0.2, -0.15) is 9.41 Å². The van der Waals surface area contributed by atoms with Crippen molar-refractivity contribution in [3.05, 3.63) is 130 Å². The highest BCUT2D eigenvalue weighted by atomic mass is 35.5. The summed E-state index contributed by atoms with van der Waals surface area (Å²) >= 11 is 6.37. The zero-order chi connectivity index (χ0) is 30.0. The number of likely N-dealkylation sites (tertiary alicyclic amines) is 1. The molecule has 222 valence electrons. The molecule has 0 N–H and O–H groups in total. The van der Waals surface area contributed by atoms with Gasteiger partial charge in [-0.05, 0) is 89.4 Å². The van der Waals surface area contributed by atoms with Crippen LogP contribution in [0.5, 0.6) is 0 Å². The molecule has 1 amide bonds. The van der Waals surface area contributed by atoms with E-state index in [4.69, 9.17) is 11.6 Å². The summed E-state index contributed by atoms with van der Waals surface area (Å²) in [7, 11) is 0. The molecule has 9 heteroatoms. The van der Waals surface area contributed by atoms with Gasteiger partial charge in [-0.15, -0.1) is 5.10 Å². The lowest BCUT2D eigenvalue weighted by molar-refractivity contribution is -0.614. The number of hydrogen-bond donors (Lipinski definition) is 0. The molecule has 1 unspecified atom stereocenters. The summed E-state index contributed by atoms with van der Waals surface area (Å²) in [6, 6.07) is 28.3. The Morgan fingerprint density at radius 2 is 1.77 bits per heavy atom. The Labute approximate surface area is 261 Å². The number of hydrogen-bond acceptors (Lipinski definition) is 5. The highest BCUT2D eigenvalue weighted by molar-refractivity contribution is 6.31. The first-order valence-corrected chi connectivity index (χ1v) is 15.6. The van der Waals surface area contributed by atoms with Crippen LogP contribution in [0.4, 0.5) is 0 Å². The predicted molar refractivity (Wildman–Crippen MR) is 168 cm³/mol. The first kappa shape index (κ1) is 28.2. The van der Waals surface area contributed by atoms with Gasteiger partial charge in [0.05, 0.1) is 11.6 Å². The normalized spacial score (nSPS) is 16.2. The monoisotopic (exact) mass is 604 g/mol. The number of tetrazole rings is 1. The number of carbonyl (C=O) groups excluding carboxylic acids is 1. The lowest BCUT2D eigenvalue weighted by Gasteiger charge is -2.32. The smallest absolute Gasteiger partial charge is 0.225 e. The van der Waals surface area contributed by atoms with E-state index in [0.717, 1.165) is 71.4 Å². The Hall–Kier alpha value is -4.56. The van der Waals surface area contributed by atoms with Crippen LogP contribution in [-0.4, -0.2) is 44.1 Å². The molecule has 0 bridgehead atoms. The Kier molecular flexibility index (Phi) is 7.83. The van der Waals surface area contributed by atoms with E-state index in [0.29, 0.717) is 29.0 Å². The van der Waals surface area contributed by atoms with E-state index in [1.54, 1.807) is 16.9 Å². The fourth-order valence-electron chi connectivity index (χ4n) is 6.43. The molecule has 1 aliphatic carbocycles. The lowest BCUT2D eigenvalue weighted by Crippen LogP contribution is -2.38. The van der Waals surface area contributed by atoms with Gasteiger partial charge in [-0.25, -0.2) is 0 Å². The maximum Gasteiger partial charge on any atom is 0.225 e. The van der Waals surface area contributed by atoms with Crippen LogP contribution < -0.4 is 4.73 Å². The number of aromatic nitrogens is 5. The van der Waals surface area contributed by atoms with E-state index in [2.05, 4.69) is 56.8 Å². The Bertz CT molecular complexity index is 1770.